The lowest BCUT2D eigenvalue weighted by atomic mass is 10.1. The Labute approximate surface area is 119 Å². The second-order valence-electron chi connectivity index (χ2n) is 4.90. The molecule has 1 aliphatic rings. The minimum atomic E-state index is 0.670. The van der Waals surface area contributed by atoms with Crippen LogP contribution in [0.4, 0.5) is 5.69 Å². The van der Waals surface area contributed by atoms with E-state index in [0.29, 0.717) is 5.88 Å². The number of hydrogen-bond donors (Lipinski definition) is 1. The van der Waals surface area contributed by atoms with Crippen molar-refractivity contribution >= 4 is 5.69 Å². The number of nitrogens with zero attached hydrogens (tertiary/aromatic N) is 2. The Morgan fingerprint density at radius 1 is 1.20 bits per heavy atom. The quantitative estimate of drug-likeness (QED) is 0.927. The number of para-hydroxylation sites is 1. The number of anilines is 1. The van der Waals surface area contributed by atoms with E-state index in [1.165, 1.54) is 11.3 Å². The van der Waals surface area contributed by atoms with Gasteiger partial charge in [0.15, 0.2) is 0 Å². The molecule has 1 aromatic carbocycles. The number of benzene rings is 1. The van der Waals surface area contributed by atoms with Crippen molar-refractivity contribution < 1.29 is 4.74 Å². The lowest BCUT2D eigenvalue weighted by Gasteiger charge is -2.24. The van der Waals surface area contributed by atoms with Gasteiger partial charge in [-0.2, -0.15) is 0 Å². The van der Waals surface area contributed by atoms with Crippen LogP contribution >= 0.6 is 0 Å². The lowest BCUT2D eigenvalue weighted by molar-refractivity contribution is 0.396. The van der Waals surface area contributed by atoms with Crippen molar-refractivity contribution in [3.8, 4) is 5.88 Å². The van der Waals surface area contributed by atoms with Crippen molar-refractivity contribution in [2.24, 2.45) is 0 Å². The van der Waals surface area contributed by atoms with E-state index < -0.39 is 0 Å². The van der Waals surface area contributed by atoms with Gasteiger partial charge in [0.1, 0.15) is 0 Å². The second-order valence-corrected chi connectivity index (χ2v) is 4.90. The summed E-state index contributed by atoms with van der Waals surface area (Å²) in [6, 6.07) is 14.5. The number of pyridine rings is 1. The maximum absolute atomic E-state index is 5.20. The number of ether oxygens (including phenoxy) is 1. The minimum Gasteiger partial charge on any atom is -0.481 e. The number of rotatable bonds is 3. The number of nitrogens with one attached hydrogen (secondary N) is 1. The van der Waals surface area contributed by atoms with Crippen LogP contribution in [0.2, 0.25) is 0 Å². The highest BCUT2D eigenvalue weighted by molar-refractivity contribution is 5.54. The molecule has 0 atom stereocenters. The maximum atomic E-state index is 5.20. The summed E-state index contributed by atoms with van der Waals surface area (Å²) in [5, 5.41) is 3.45. The molecule has 0 fully saturated rings. The first-order valence-corrected chi connectivity index (χ1v) is 6.90. The summed E-state index contributed by atoms with van der Waals surface area (Å²) in [5.74, 6) is 0.670. The third kappa shape index (κ3) is 2.75. The van der Waals surface area contributed by atoms with E-state index in [1.54, 1.807) is 7.11 Å². The molecule has 0 spiro atoms. The van der Waals surface area contributed by atoms with Crippen LogP contribution in [0.15, 0.2) is 42.5 Å². The summed E-state index contributed by atoms with van der Waals surface area (Å²) < 4.78 is 5.20. The van der Waals surface area contributed by atoms with Gasteiger partial charge in [-0.05, 0) is 17.7 Å². The Morgan fingerprint density at radius 2 is 2.10 bits per heavy atom. The molecule has 2 heterocycles. The molecule has 0 unspecified atom stereocenters. The van der Waals surface area contributed by atoms with Gasteiger partial charge in [0.05, 0.1) is 19.3 Å². The fraction of sp³-hybridized carbons (Fsp3) is 0.312. The maximum Gasteiger partial charge on any atom is 0.213 e. The van der Waals surface area contributed by atoms with Crippen molar-refractivity contribution in [1.29, 1.82) is 0 Å². The Bertz CT molecular complexity index is 585. The van der Waals surface area contributed by atoms with Crippen molar-refractivity contribution in [1.82, 2.24) is 10.3 Å². The summed E-state index contributed by atoms with van der Waals surface area (Å²) in [6.07, 6.45) is 0. The Kier molecular flexibility index (Phi) is 3.83. The number of methoxy groups -OCH3 is 1. The third-order valence-electron chi connectivity index (χ3n) is 3.55. The van der Waals surface area contributed by atoms with Crippen LogP contribution in [-0.2, 0) is 13.1 Å². The first-order valence-electron chi connectivity index (χ1n) is 6.90. The van der Waals surface area contributed by atoms with E-state index in [1.807, 2.05) is 18.2 Å². The van der Waals surface area contributed by atoms with Gasteiger partial charge >= 0.3 is 0 Å². The van der Waals surface area contributed by atoms with Crippen LogP contribution in [0.5, 0.6) is 5.88 Å². The molecule has 104 valence electrons. The number of fused-ring (bicyclic) bond motifs is 1. The average Bonchev–Trinajstić information content (AvgIpc) is 2.70. The smallest absolute Gasteiger partial charge is 0.213 e. The molecule has 0 bridgehead atoms. The molecule has 0 aliphatic carbocycles. The van der Waals surface area contributed by atoms with Crippen molar-refractivity contribution in [3.05, 3.63) is 53.7 Å². The van der Waals surface area contributed by atoms with Crippen molar-refractivity contribution in [2.75, 3.05) is 25.1 Å². The lowest BCUT2D eigenvalue weighted by Crippen LogP contribution is -2.28. The predicted octanol–water partition coefficient (Wildman–Crippen LogP) is 2.20. The first kappa shape index (κ1) is 12.9. The van der Waals surface area contributed by atoms with Gasteiger partial charge in [0, 0.05) is 31.4 Å². The van der Waals surface area contributed by atoms with E-state index in [-0.39, 0.29) is 0 Å². The number of aromatic nitrogens is 1. The topological polar surface area (TPSA) is 37.4 Å². The second kappa shape index (κ2) is 5.92. The molecule has 0 saturated carbocycles. The molecule has 1 aliphatic heterocycles. The third-order valence-corrected chi connectivity index (χ3v) is 3.55. The Morgan fingerprint density at radius 3 is 3.00 bits per heavy atom. The zero-order valence-electron chi connectivity index (χ0n) is 11.7. The van der Waals surface area contributed by atoms with E-state index in [9.17, 15) is 0 Å². The summed E-state index contributed by atoms with van der Waals surface area (Å²) in [6.45, 7) is 3.70. The van der Waals surface area contributed by atoms with Gasteiger partial charge in [0.25, 0.3) is 0 Å². The highest BCUT2D eigenvalue weighted by Crippen LogP contribution is 2.23. The summed E-state index contributed by atoms with van der Waals surface area (Å²) >= 11 is 0. The standard InChI is InChI=1S/C16H19N3O/c1-20-16-8-4-6-14(18-16)12-19-10-9-17-11-13-5-2-3-7-15(13)19/h2-8,17H,9-12H2,1H3. The van der Waals surface area contributed by atoms with Gasteiger partial charge in [-0.25, -0.2) is 4.98 Å². The monoisotopic (exact) mass is 269 g/mol. The van der Waals surface area contributed by atoms with Gasteiger partial charge in [-0.1, -0.05) is 24.3 Å². The summed E-state index contributed by atoms with van der Waals surface area (Å²) in [4.78, 5) is 6.88. The fourth-order valence-corrected chi connectivity index (χ4v) is 2.55. The molecule has 0 saturated heterocycles. The molecule has 4 heteroatoms. The van der Waals surface area contributed by atoms with E-state index in [2.05, 4.69) is 39.5 Å². The first-order chi connectivity index (χ1) is 9.86. The van der Waals surface area contributed by atoms with Crippen molar-refractivity contribution in [2.45, 2.75) is 13.1 Å². The highest BCUT2D eigenvalue weighted by atomic mass is 16.5. The van der Waals surface area contributed by atoms with Crippen LogP contribution in [0.1, 0.15) is 11.3 Å². The van der Waals surface area contributed by atoms with Crippen LogP contribution < -0.4 is 15.0 Å². The zero-order valence-corrected chi connectivity index (χ0v) is 11.7. The van der Waals surface area contributed by atoms with Crippen LogP contribution in [0.3, 0.4) is 0 Å². The SMILES string of the molecule is COc1cccc(CN2CCNCc3ccccc32)n1. The molecule has 20 heavy (non-hydrogen) atoms. The molecule has 3 rings (SSSR count). The zero-order chi connectivity index (χ0) is 13.8. The van der Waals surface area contributed by atoms with Crippen LogP contribution in [0.25, 0.3) is 0 Å². The van der Waals surface area contributed by atoms with Gasteiger partial charge < -0.3 is 15.0 Å². The molecular formula is C16H19N3O. The number of hydrogen-bond acceptors (Lipinski definition) is 4. The average molecular weight is 269 g/mol. The van der Waals surface area contributed by atoms with Crippen molar-refractivity contribution in [3.63, 3.8) is 0 Å². The van der Waals surface area contributed by atoms with Crippen LogP contribution in [-0.4, -0.2) is 25.2 Å². The Balaban J connectivity index is 1.86. The molecule has 0 radical (unpaired) electrons. The molecule has 4 nitrogen and oxygen atoms in total. The molecular weight excluding hydrogens is 250 g/mol. The molecule has 2 aromatic rings. The normalized spacial score (nSPS) is 14.6. The van der Waals surface area contributed by atoms with E-state index in [0.717, 1.165) is 31.9 Å². The molecule has 1 aromatic heterocycles. The minimum absolute atomic E-state index is 0.670. The summed E-state index contributed by atoms with van der Waals surface area (Å²) in [5.41, 5.74) is 3.66. The van der Waals surface area contributed by atoms with E-state index in [4.69, 9.17) is 4.74 Å². The largest absolute Gasteiger partial charge is 0.481 e. The Hall–Kier alpha value is -2.07. The highest BCUT2D eigenvalue weighted by Gasteiger charge is 2.15. The predicted molar refractivity (Wildman–Crippen MR) is 80.0 cm³/mol. The van der Waals surface area contributed by atoms with E-state index >= 15 is 0 Å². The molecule has 1 N–H and O–H groups in total. The van der Waals surface area contributed by atoms with Gasteiger partial charge in [-0.3, -0.25) is 0 Å². The molecule has 0 amide bonds. The van der Waals surface area contributed by atoms with Crippen LogP contribution in [0, 0.1) is 0 Å². The van der Waals surface area contributed by atoms with Gasteiger partial charge in [-0.15, -0.1) is 0 Å². The summed E-state index contributed by atoms with van der Waals surface area (Å²) in [7, 11) is 1.65. The fourth-order valence-electron chi connectivity index (χ4n) is 2.55. The van der Waals surface area contributed by atoms with Gasteiger partial charge in [0.2, 0.25) is 5.88 Å².